The third-order valence-electron chi connectivity index (χ3n) is 12.5. The molecule has 2 heterocycles. The molecule has 0 bridgehead atoms. The standard InChI is InChI=1S/C40H60N6O7S/c1-9-16-27(32(47)35(49)41-21-10-2)42-34(48)31-30-26(39(30,6)7)23-46(31)36(50)33(40(8)19-14-11-15-20-40)44-37(51)43-29(38(3,4)5)24-45-22-25-17-12-13-18-28(25)54(45,52)53/h10,12-13,17-18,26-27,29-31,33H,2,9,11,14-16,19-24H2,1,3-8H3,(H,41,49)(H,42,48)(H2,43,44,51)/t26-,27?,29?,30-,31?,33?/m1/s1. The summed E-state index contributed by atoms with van der Waals surface area (Å²) in [6.45, 7) is 18.1. The van der Waals surface area contributed by atoms with Crippen LogP contribution in [0.1, 0.15) is 99.0 Å². The van der Waals surface area contributed by atoms with Crippen LogP contribution in [0.4, 0.5) is 4.79 Å². The molecule has 0 radical (unpaired) electrons. The van der Waals surface area contributed by atoms with Gasteiger partial charge in [0.05, 0.1) is 10.9 Å². The smallest absolute Gasteiger partial charge is 0.315 e. The quantitative estimate of drug-likeness (QED) is 0.164. The number of rotatable bonds is 14. The molecule has 6 atom stereocenters. The van der Waals surface area contributed by atoms with Gasteiger partial charge in [-0.2, -0.15) is 4.31 Å². The van der Waals surface area contributed by atoms with Gasteiger partial charge in [0.25, 0.3) is 5.91 Å². The first-order valence-electron chi connectivity index (χ1n) is 19.5. The number of carbonyl (C=O) groups excluding carboxylic acids is 5. The van der Waals surface area contributed by atoms with Crippen LogP contribution in [0.25, 0.3) is 0 Å². The molecule has 1 aromatic rings. The number of urea groups is 1. The van der Waals surface area contributed by atoms with E-state index in [2.05, 4.69) is 41.7 Å². The first kappa shape index (κ1) is 41.4. The fourth-order valence-electron chi connectivity index (χ4n) is 8.92. The number of nitrogens with zero attached hydrogens (tertiary/aromatic N) is 2. The highest BCUT2D eigenvalue weighted by molar-refractivity contribution is 7.89. The van der Waals surface area contributed by atoms with E-state index in [0.717, 1.165) is 19.3 Å². The van der Waals surface area contributed by atoms with Crippen molar-refractivity contribution >= 4 is 39.6 Å². The minimum absolute atomic E-state index is 0.0416. The van der Waals surface area contributed by atoms with Crippen LogP contribution in [-0.2, 0) is 35.7 Å². The Morgan fingerprint density at radius 2 is 1.67 bits per heavy atom. The van der Waals surface area contributed by atoms with Gasteiger partial charge >= 0.3 is 6.03 Å². The molecule has 1 aromatic carbocycles. The highest BCUT2D eigenvalue weighted by Gasteiger charge is 2.70. The molecule has 0 spiro atoms. The topological polar surface area (TPSA) is 174 Å². The van der Waals surface area contributed by atoms with Crippen molar-refractivity contribution in [2.75, 3.05) is 19.6 Å². The molecular formula is C40H60N6O7S. The maximum atomic E-state index is 14.9. The van der Waals surface area contributed by atoms with Crippen molar-refractivity contribution in [1.29, 1.82) is 0 Å². The Morgan fingerprint density at radius 1 is 1.00 bits per heavy atom. The summed E-state index contributed by atoms with van der Waals surface area (Å²) in [5.74, 6) is -2.50. The number of nitrogens with one attached hydrogen (secondary N) is 4. The number of hydrogen-bond acceptors (Lipinski definition) is 7. The van der Waals surface area contributed by atoms with Gasteiger partial charge in [-0.15, -0.1) is 6.58 Å². The fourth-order valence-corrected chi connectivity index (χ4v) is 10.6. The van der Waals surface area contributed by atoms with Crippen LogP contribution in [-0.4, -0.2) is 91.0 Å². The second-order valence-electron chi connectivity index (χ2n) is 17.7. The molecule has 2 aliphatic heterocycles. The third-order valence-corrected chi connectivity index (χ3v) is 14.4. The molecule has 5 amide bonds. The normalized spacial score (nSPS) is 25.2. The van der Waals surface area contributed by atoms with E-state index in [4.69, 9.17) is 0 Å². The van der Waals surface area contributed by atoms with Crippen LogP contribution >= 0.6 is 0 Å². The first-order chi connectivity index (χ1) is 25.3. The maximum Gasteiger partial charge on any atom is 0.315 e. The molecule has 5 rings (SSSR count). The molecule has 2 aliphatic carbocycles. The van der Waals surface area contributed by atoms with Gasteiger partial charge in [-0.3, -0.25) is 19.2 Å². The van der Waals surface area contributed by atoms with E-state index >= 15 is 0 Å². The third kappa shape index (κ3) is 8.24. The van der Waals surface area contributed by atoms with Gasteiger partial charge in [-0.25, -0.2) is 13.2 Å². The molecule has 298 valence electrons. The number of ketones is 1. The zero-order valence-corrected chi connectivity index (χ0v) is 33.8. The molecule has 0 aromatic heterocycles. The number of sulfonamides is 1. The summed E-state index contributed by atoms with van der Waals surface area (Å²) in [7, 11) is -3.75. The summed E-state index contributed by atoms with van der Waals surface area (Å²) >= 11 is 0. The number of hydrogen-bond donors (Lipinski definition) is 4. The van der Waals surface area contributed by atoms with Gasteiger partial charge in [-0.1, -0.05) is 98.4 Å². The lowest BCUT2D eigenvalue weighted by molar-refractivity contribution is -0.146. The van der Waals surface area contributed by atoms with Crippen molar-refractivity contribution in [1.82, 2.24) is 30.5 Å². The van der Waals surface area contributed by atoms with Crippen molar-refractivity contribution in [3.8, 4) is 0 Å². The Morgan fingerprint density at radius 3 is 2.28 bits per heavy atom. The molecule has 1 saturated heterocycles. The summed E-state index contributed by atoms with van der Waals surface area (Å²) in [4.78, 5) is 70.7. The largest absolute Gasteiger partial charge is 0.346 e. The van der Waals surface area contributed by atoms with Crippen molar-refractivity contribution in [2.24, 2.45) is 28.1 Å². The van der Waals surface area contributed by atoms with Gasteiger partial charge in [0.2, 0.25) is 27.6 Å². The minimum atomic E-state index is -3.75. The van der Waals surface area contributed by atoms with Crippen LogP contribution in [0.5, 0.6) is 0 Å². The summed E-state index contributed by atoms with van der Waals surface area (Å²) in [6, 6.07) is 2.80. The molecule has 4 N–H and O–H groups in total. The number of fused-ring (bicyclic) bond motifs is 2. The molecule has 2 saturated carbocycles. The summed E-state index contributed by atoms with van der Waals surface area (Å²) in [5, 5.41) is 11.4. The average Bonchev–Trinajstić information content (AvgIpc) is 3.36. The minimum Gasteiger partial charge on any atom is -0.346 e. The predicted molar refractivity (Wildman–Crippen MR) is 205 cm³/mol. The Labute approximate surface area is 320 Å². The molecule has 3 fully saturated rings. The molecular weight excluding hydrogens is 709 g/mol. The van der Waals surface area contributed by atoms with E-state index in [1.165, 1.54) is 10.4 Å². The van der Waals surface area contributed by atoms with Crippen LogP contribution in [0.2, 0.25) is 0 Å². The van der Waals surface area contributed by atoms with E-state index in [0.29, 0.717) is 31.4 Å². The fraction of sp³-hybridized carbons (Fsp3) is 0.675. The predicted octanol–water partition coefficient (Wildman–Crippen LogP) is 3.88. The average molecular weight is 769 g/mol. The second kappa shape index (κ2) is 15.8. The Kier molecular flexibility index (Phi) is 12.1. The lowest BCUT2D eigenvalue weighted by Crippen LogP contribution is -2.63. The number of Topliss-reactive ketones (excluding diaryl/α,β-unsaturated/α-hetero) is 1. The van der Waals surface area contributed by atoms with Gasteiger partial charge in [0, 0.05) is 32.2 Å². The van der Waals surface area contributed by atoms with E-state index in [9.17, 15) is 32.4 Å². The lowest BCUT2D eigenvalue weighted by atomic mass is 9.70. The maximum absolute atomic E-state index is 14.9. The van der Waals surface area contributed by atoms with Crippen LogP contribution in [0.3, 0.4) is 0 Å². The highest BCUT2D eigenvalue weighted by Crippen LogP contribution is 2.65. The van der Waals surface area contributed by atoms with E-state index in [1.54, 1.807) is 29.2 Å². The van der Waals surface area contributed by atoms with Gasteiger partial charge in [0.1, 0.15) is 12.1 Å². The number of benzene rings is 1. The van der Waals surface area contributed by atoms with Crippen LogP contribution in [0.15, 0.2) is 41.8 Å². The molecule has 4 unspecified atom stereocenters. The van der Waals surface area contributed by atoms with Crippen molar-refractivity contribution < 1.29 is 32.4 Å². The molecule has 4 aliphatic rings. The Hall–Kier alpha value is -3.78. The van der Waals surface area contributed by atoms with Crippen molar-refractivity contribution in [3.05, 3.63) is 42.5 Å². The van der Waals surface area contributed by atoms with E-state index < -0.39 is 68.6 Å². The number of piperidine rings is 1. The highest BCUT2D eigenvalue weighted by atomic mass is 32.2. The molecule has 14 heteroatoms. The molecule has 54 heavy (non-hydrogen) atoms. The van der Waals surface area contributed by atoms with Gasteiger partial charge < -0.3 is 26.2 Å². The summed E-state index contributed by atoms with van der Waals surface area (Å²) in [6.07, 6.45) is 6.46. The first-order valence-corrected chi connectivity index (χ1v) is 20.9. The van der Waals surface area contributed by atoms with Crippen LogP contribution < -0.4 is 21.3 Å². The Balaban J connectivity index is 1.38. The monoisotopic (exact) mass is 768 g/mol. The van der Waals surface area contributed by atoms with Crippen LogP contribution in [0, 0.1) is 28.1 Å². The van der Waals surface area contributed by atoms with E-state index in [1.807, 2.05) is 34.6 Å². The number of amides is 5. The Bertz CT molecular complexity index is 1750. The second-order valence-corrected chi connectivity index (χ2v) is 19.6. The van der Waals surface area contributed by atoms with Crippen molar-refractivity contribution in [3.63, 3.8) is 0 Å². The molecule has 13 nitrogen and oxygen atoms in total. The lowest BCUT2D eigenvalue weighted by Gasteiger charge is -2.43. The van der Waals surface area contributed by atoms with Gasteiger partial charge in [-0.05, 0) is 59.0 Å². The summed E-state index contributed by atoms with van der Waals surface area (Å²) in [5.41, 5.74) is -0.653. The van der Waals surface area contributed by atoms with Gasteiger partial charge in [0.15, 0.2) is 0 Å². The number of likely N-dealkylation sites (tertiary alicyclic amines) is 1. The zero-order valence-electron chi connectivity index (χ0n) is 33.0. The SMILES string of the molecule is C=CCNC(=O)C(=O)C(CCC)NC(=O)C1[C@H]2[C@@H](CN1C(=O)C(NC(=O)NC(CN1Cc3ccccc3S1(=O)=O)C(C)(C)C)C1(C)CCCCC1)C2(C)C. The van der Waals surface area contributed by atoms with E-state index in [-0.39, 0.29) is 54.1 Å². The number of carbonyl (C=O) groups is 5. The zero-order chi connectivity index (χ0) is 39.8. The summed E-state index contributed by atoms with van der Waals surface area (Å²) < 4.78 is 28.3. The van der Waals surface area contributed by atoms with Crippen molar-refractivity contribution in [2.45, 2.75) is 129 Å².